The number of esters is 1. The van der Waals surface area contributed by atoms with E-state index in [1.165, 1.54) is 6.92 Å². The lowest BCUT2D eigenvalue weighted by Crippen LogP contribution is -2.32. The number of carbonyl (C=O) groups excluding carboxylic acids is 3. The molecule has 0 aromatic heterocycles. The molecule has 0 spiro atoms. The van der Waals surface area contributed by atoms with E-state index in [9.17, 15) is 14.4 Å². The molecule has 0 N–H and O–H groups in total. The first-order chi connectivity index (χ1) is 9.56. The van der Waals surface area contributed by atoms with E-state index in [1.807, 2.05) is 30.3 Å². The van der Waals surface area contributed by atoms with Gasteiger partial charge in [0, 0.05) is 12.1 Å². The van der Waals surface area contributed by atoms with Gasteiger partial charge in [0.1, 0.15) is 12.2 Å². The number of carbonyl (C=O) groups is 3. The fourth-order valence-electron chi connectivity index (χ4n) is 2.02. The monoisotopic (exact) mass is 273 g/mol. The van der Waals surface area contributed by atoms with Crippen LogP contribution in [0.4, 0.5) is 0 Å². The zero-order chi connectivity index (χ0) is 14.7. The number of ether oxygens (including phenoxy) is 1. The Balaban J connectivity index is 2.10. The molecule has 5 nitrogen and oxygen atoms in total. The summed E-state index contributed by atoms with van der Waals surface area (Å²) in [5.74, 6) is -1.75. The van der Waals surface area contributed by atoms with Crippen LogP contribution in [-0.2, 0) is 25.7 Å². The van der Waals surface area contributed by atoms with Crippen molar-refractivity contribution in [1.29, 1.82) is 0 Å². The minimum absolute atomic E-state index is 0.0735. The lowest BCUT2D eigenvalue weighted by Gasteiger charge is -2.11. The Morgan fingerprint density at radius 3 is 2.35 bits per heavy atom. The van der Waals surface area contributed by atoms with Crippen molar-refractivity contribution in [2.24, 2.45) is 0 Å². The number of hydrogen-bond acceptors (Lipinski definition) is 4. The van der Waals surface area contributed by atoms with Crippen molar-refractivity contribution in [2.45, 2.75) is 20.5 Å². The lowest BCUT2D eigenvalue weighted by molar-refractivity contribution is -0.143. The van der Waals surface area contributed by atoms with Gasteiger partial charge in [-0.1, -0.05) is 30.3 Å². The zero-order valence-electron chi connectivity index (χ0n) is 11.4. The van der Waals surface area contributed by atoms with Gasteiger partial charge in [0.05, 0.1) is 0 Å². The van der Waals surface area contributed by atoms with Crippen LogP contribution in [0.2, 0.25) is 0 Å². The fraction of sp³-hybridized carbons (Fsp3) is 0.267. The maximum atomic E-state index is 12.0. The highest BCUT2D eigenvalue weighted by molar-refractivity contribution is 6.30. The minimum Gasteiger partial charge on any atom is -0.457 e. The third kappa shape index (κ3) is 2.47. The van der Waals surface area contributed by atoms with Crippen LogP contribution >= 0.6 is 0 Å². The molecule has 0 fully saturated rings. The van der Waals surface area contributed by atoms with Gasteiger partial charge in [-0.25, -0.2) is 4.79 Å². The standard InChI is InChI=1S/C15H15NO4/c1-3-16-13(17)10(2)12(14(16)18)15(19)20-9-11-7-5-4-6-8-11/h4-8H,3,9H2,1-2H3. The van der Waals surface area contributed by atoms with Gasteiger partial charge in [-0.3, -0.25) is 14.5 Å². The molecule has 0 aliphatic carbocycles. The molecule has 0 saturated carbocycles. The first-order valence-electron chi connectivity index (χ1n) is 6.34. The molecule has 0 radical (unpaired) electrons. The van der Waals surface area contributed by atoms with E-state index < -0.39 is 17.8 Å². The van der Waals surface area contributed by atoms with Crippen molar-refractivity contribution in [1.82, 2.24) is 4.90 Å². The largest absolute Gasteiger partial charge is 0.457 e. The van der Waals surface area contributed by atoms with Crippen LogP contribution in [-0.4, -0.2) is 29.2 Å². The summed E-state index contributed by atoms with van der Waals surface area (Å²) in [7, 11) is 0. The van der Waals surface area contributed by atoms with Gasteiger partial charge in [-0.2, -0.15) is 0 Å². The summed E-state index contributed by atoms with van der Waals surface area (Å²) in [5.41, 5.74) is 0.811. The Bertz CT molecular complexity index is 589. The van der Waals surface area contributed by atoms with Crippen molar-refractivity contribution in [2.75, 3.05) is 6.54 Å². The Labute approximate surface area is 116 Å². The van der Waals surface area contributed by atoms with Crippen LogP contribution in [0.5, 0.6) is 0 Å². The van der Waals surface area contributed by atoms with Crippen molar-refractivity contribution in [3.63, 3.8) is 0 Å². The van der Waals surface area contributed by atoms with Crippen molar-refractivity contribution >= 4 is 17.8 Å². The van der Waals surface area contributed by atoms with Crippen molar-refractivity contribution in [3.8, 4) is 0 Å². The molecule has 1 aromatic carbocycles. The lowest BCUT2D eigenvalue weighted by atomic mass is 10.1. The highest BCUT2D eigenvalue weighted by Crippen LogP contribution is 2.21. The number of benzene rings is 1. The maximum absolute atomic E-state index is 12.0. The van der Waals surface area contributed by atoms with Crippen molar-refractivity contribution in [3.05, 3.63) is 47.0 Å². The summed E-state index contributed by atoms with van der Waals surface area (Å²) in [4.78, 5) is 36.7. The van der Waals surface area contributed by atoms with Crippen molar-refractivity contribution < 1.29 is 19.1 Å². The smallest absolute Gasteiger partial charge is 0.344 e. The highest BCUT2D eigenvalue weighted by atomic mass is 16.5. The average Bonchev–Trinajstić information content (AvgIpc) is 2.67. The van der Waals surface area contributed by atoms with Gasteiger partial charge in [0.2, 0.25) is 0 Å². The molecule has 1 heterocycles. The molecular weight excluding hydrogens is 258 g/mol. The summed E-state index contributed by atoms with van der Waals surface area (Å²) in [6.45, 7) is 3.46. The molecule has 0 saturated heterocycles. The van der Waals surface area contributed by atoms with E-state index in [0.717, 1.165) is 10.5 Å². The Morgan fingerprint density at radius 1 is 1.15 bits per heavy atom. The normalized spacial score (nSPS) is 15.0. The van der Waals surface area contributed by atoms with Crippen LogP contribution < -0.4 is 0 Å². The summed E-state index contributed by atoms with van der Waals surface area (Å²) < 4.78 is 5.10. The number of rotatable bonds is 4. The van der Waals surface area contributed by atoms with E-state index in [-0.39, 0.29) is 24.3 Å². The summed E-state index contributed by atoms with van der Waals surface area (Å²) in [6, 6.07) is 9.15. The third-order valence-corrected chi connectivity index (χ3v) is 3.13. The number of hydrogen-bond donors (Lipinski definition) is 0. The summed E-state index contributed by atoms with van der Waals surface area (Å²) in [6.07, 6.45) is 0. The van der Waals surface area contributed by atoms with E-state index in [0.29, 0.717) is 0 Å². The molecule has 0 atom stereocenters. The van der Waals surface area contributed by atoms with E-state index in [4.69, 9.17) is 4.74 Å². The minimum atomic E-state index is -0.749. The zero-order valence-corrected chi connectivity index (χ0v) is 11.4. The van der Waals surface area contributed by atoms with Gasteiger partial charge in [-0.05, 0) is 19.4 Å². The molecule has 0 bridgehead atoms. The van der Waals surface area contributed by atoms with Crippen LogP contribution in [0.1, 0.15) is 19.4 Å². The molecule has 0 unspecified atom stereocenters. The molecule has 5 heteroatoms. The number of amides is 2. The maximum Gasteiger partial charge on any atom is 0.344 e. The highest BCUT2D eigenvalue weighted by Gasteiger charge is 2.39. The molecular formula is C15H15NO4. The van der Waals surface area contributed by atoms with Gasteiger partial charge < -0.3 is 4.74 Å². The Morgan fingerprint density at radius 2 is 1.80 bits per heavy atom. The van der Waals surface area contributed by atoms with Gasteiger partial charge in [0.15, 0.2) is 0 Å². The summed E-state index contributed by atoms with van der Waals surface area (Å²) in [5, 5.41) is 0. The van der Waals surface area contributed by atoms with E-state index >= 15 is 0 Å². The predicted molar refractivity (Wildman–Crippen MR) is 71.3 cm³/mol. The SMILES string of the molecule is CCN1C(=O)C(C)=C(C(=O)OCc2ccccc2)C1=O. The number of nitrogens with zero attached hydrogens (tertiary/aromatic N) is 1. The van der Waals surface area contributed by atoms with Crippen LogP contribution in [0.25, 0.3) is 0 Å². The Hall–Kier alpha value is -2.43. The molecule has 2 amide bonds. The predicted octanol–water partition coefficient (Wildman–Crippen LogP) is 1.44. The van der Waals surface area contributed by atoms with Gasteiger partial charge in [0.25, 0.3) is 11.8 Å². The number of imide groups is 1. The average molecular weight is 273 g/mol. The molecule has 2 rings (SSSR count). The molecule has 20 heavy (non-hydrogen) atoms. The third-order valence-electron chi connectivity index (χ3n) is 3.13. The van der Waals surface area contributed by atoms with Gasteiger partial charge in [-0.15, -0.1) is 0 Å². The van der Waals surface area contributed by atoms with E-state index in [2.05, 4.69) is 0 Å². The number of likely N-dealkylation sites (N-methyl/N-ethyl adjacent to an activating group) is 1. The van der Waals surface area contributed by atoms with Crippen LogP contribution in [0, 0.1) is 0 Å². The second-order valence-electron chi connectivity index (χ2n) is 4.42. The van der Waals surface area contributed by atoms with Gasteiger partial charge >= 0.3 is 5.97 Å². The quantitative estimate of drug-likeness (QED) is 0.473. The molecule has 1 aromatic rings. The topological polar surface area (TPSA) is 63.7 Å². The molecule has 1 aliphatic heterocycles. The summed E-state index contributed by atoms with van der Waals surface area (Å²) >= 11 is 0. The fourth-order valence-corrected chi connectivity index (χ4v) is 2.02. The van der Waals surface area contributed by atoms with Crippen LogP contribution in [0.15, 0.2) is 41.5 Å². The second-order valence-corrected chi connectivity index (χ2v) is 4.42. The van der Waals surface area contributed by atoms with Crippen LogP contribution in [0.3, 0.4) is 0 Å². The Kier molecular flexibility index (Phi) is 3.98. The first kappa shape index (κ1) is 14.0. The second kappa shape index (κ2) is 5.69. The first-order valence-corrected chi connectivity index (χ1v) is 6.34. The molecule has 1 aliphatic rings. The van der Waals surface area contributed by atoms with E-state index in [1.54, 1.807) is 6.92 Å². The molecule has 104 valence electrons.